The molecule has 0 aliphatic rings. The van der Waals surface area contributed by atoms with Crippen LogP contribution >= 0.6 is 11.6 Å². The van der Waals surface area contributed by atoms with Crippen molar-refractivity contribution in [2.75, 3.05) is 6.61 Å². The van der Waals surface area contributed by atoms with Gasteiger partial charge in [0.25, 0.3) is 0 Å². The number of hydrogen-bond acceptors (Lipinski definition) is 3. The van der Waals surface area contributed by atoms with Gasteiger partial charge in [-0.1, -0.05) is 16.8 Å². The van der Waals surface area contributed by atoms with Crippen LogP contribution in [0.4, 0.5) is 0 Å². The lowest BCUT2D eigenvalue weighted by Crippen LogP contribution is -2.03. The Bertz CT molecular complexity index is 438. The zero-order chi connectivity index (χ0) is 10.7. The Morgan fingerprint density at radius 3 is 2.67 bits per heavy atom. The number of nitrogens with zero attached hydrogens (tertiary/aromatic N) is 3. The van der Waals surface area contributed by atoms with Crippen molar-refractivity contribution in [1.82, 2.24) is 15.0 Å². The highest BCUT2D eigenvalue weighted by atomic mass is 35.5. The molecule has 15 heavy (non-hydrogen) atoms. The summed E-state index contributed by atoms with van der Waals surface area (Å²) in [6.07, 6.45) is 2.18. The predicted octanol–water partition coefficient (Wildman–Crippen LogP) is 1.46. The third-order valence-electron chi connectivity index (χ3n) is 2.06. The standard InChI is InChI=1S/C10H10ClN3O/c11-8-1-3-9(4-2-8)14-10(5-6-15)7-12-13-14/h1-4,7,15H,5-6H2. The van der Waals surface area contributed by atoms with Crippen molar-refractivity contribution in [3.63, 3.8) is 0 Å². The van der Waals surface area contributed by atoms with Crippen molar-refractivity contribution in [1.29, 1.82) is 0 Å². The molecule has 0 bridgehead atoms. The lowest BCUT2D eigenvalue weighted by molar-refractivity contribution is 0.297. The number of benzene rings is 1. The van der Waals surface area contributed by atoms with Gasteiger partial charge in [-0.05, 0) is 24.3 Å². The van der Waals surface area contributed by atoms with Crippen molar-refractivity contribution in [3.8, 4) is 5.69 Å². The van der Waals surface area contributed by atoms with Gasteiger partial charge >= 0.3 is 0 Å². The SMILES string of the molecule is OCCc1cnnn1-c1ccc(Cl)cc1. The van der Waals surface area contributed by atoms with Crippen LogP contribution in [-0.2, 0) is 6.42 Å². The van der Waals surface area contributed by atoms with E-state index in [1.165, 1.54) is 0 Å². The molecule has 0 atom stereocenters. The second-order valence-corrected chi connectivity index (χ2v) is 3.52. The molecule has 2 rings (SSSR count). The predicted molar refractivity (Wildman–Crippen MR) is 57.2 cm³/mol. The minimum absolute atomic E-state index is 0.0843. The molecular formula is C10H10ClN3O. The first-order chi connectivity index (χ1) is 7.31. The summed E-state index contributed by atoms with van der Waals surface area (Å²) in [5.74, 6) is 0. The Hall–Kier alpha value is -1.39. The van der Waals surface area contributed by atoms with E-state index in [9.17, 15) is 0 Å². The third kappa shape index (κ3) is 2.16. The Morgan fingerprint density at radius 1 is 1.27 bits per heavy atom. The highest BCUT2D eigenvalue weighted by Gasteiger charge is 2.04. The molecule has 0 aliphatic heterocycles. The first kappa shape index (κ1) is 10.1. The van der Waals surface area contributed by atoms with E-state index < -0.39 is 0 Å². The summed E-state index contributed by atoms with van der Waals surface area (Å²) in [7, 11) is 0. The molecule has 0 unspecified atom stereocenters. The van der Waals surface area contributed by atoms with Gasteiger partial charge in [0.2, 0.25) is 0 Å². The van der Waals surface area contributed by atoms with Gasteiger partial charge in [-0.3, -0.25) is 0 Å². The molecule has 2 aromatic rings. The van der Waals surface area contributed by atoms with E-state index in [1.807, 2.05) is 12.1 Å². The van der Waals surface area contributed by atoms with E-state index in [0.717, 1.165) is 11.4 Å². The smallest absolute Gasteiger partial charge is 0.0730 e. The van der Waals surface area contributed by atoms with Crippen LogP contribution in [0, 0.1) is 0 Å². The molecule has 0 saturated heterocycles. The fourth-order valence-corrected chi connectivity index (χ4v) is 1.47. The van der Waals surface area contributed by atoms with Crippen LogP contribution in [0.5, 0.6) is 0 Å². The van der Waals surface area contributed by atoms with Gasteiger partial charge in [0.15, 0.2) is 0 Å². The van der Waals surface area contributed by atoms with Crippen molar-refractivity contribution < 1.29 is 5.11 Å². The first-order valence-electron chi connectivity index (χ1n) is 4.57. The average molecular weight is 224 g/mol. The molecule has 0 aliphatic carbocycles. The molecule has 1 N–H and O–H groups in total. The number of hydrogen-bond donors (Lipinski definition) is 1. The van der Waals surface area contributed by atoms with Gasteiger partial charge in [0.1, 0.15) is 0 Å². The van der Waals surface area contributed by atoms with E-state index >= 15 is 0 Å². The van der Waals surface area contributed by atoms with Gasteiger partial charge < -0.3 is 5.11 Å². The van der Waals surface area contributed by atoms with E-state index in [2.05, 4.69) is 10.3 Å². The van der Waals surface area contributed by atoms with Crippen LogP contribution in [0.1, 0.15) is 5.69 Å². The van der Waals surface area contributed by atoms with Crippen LogP contribution in [-0.4, -0.2) is 26.7 Å². The summed E-state index contributed by atoms with van der Waals surface area (Å²) in [6.45, 7) is 0.0843. The van der Waals surface area contributed by atoms with E-state index in [1.54, 1.807) is 23.0 Å². The Morgan fingerprint density at radius 2 is 2.00 bits per heavy atom. The van der Waals surface area contributed by atoms with Gasteiger partial charge in [-0.2, -0.15) is 0 Å². The Kier molecular flexibility index (Phi) is 2.99. The van der Waals surface area contributed by atoms with E-state index in [-0.39, 0.29) is 6.61 Å². The maximum Gasteiger partial charge on any atom is 0.0730 e. The van der Waals surface area contributed by atoms with Crippen molar-refractivity contribution in [2.24, 2.45) is 0 Å². The summed E-state index contributed by atoms with van der Waals surface area (Å²) >= 11 is 5.79. The normalized spacial score (nSPS) is 10.5. The largest absolute Gasteiger partial charge is 0.396 e. The van der Waals surface area contributed by atoms with Crippen molar-refractivity contribution in [2.45, 2.75) is 6.42 Å². The first-order valence-corrected chi connectivity index (χ1v) is 4.95. The number of aliphatic hydroxyl groups excluding tert-OH is 1. The van der Waals surface area contributed by atoms with Crippen LogP contribution in [0.2, 0.25) is 5.02 Å². The zero-order valence-electron chi connectivity index (χ0n) is 7.97. The van der Waals surface area contributed by atoms with Crippen LogP contribution in [0.25, 0.3) is 5.69 Å². The van der Waals surface area contributed by atoms with Gasteiger partial charge in [-0.25, -0.2) is 4.68 Å². The average Bonchev–Trinajstić information content (AvgIpc) is 2.68. The fraction of sp³-hybridized carbons (Fsp3) is 0.200. The summed E-state index contributed by atoms with van der Waals surface area (Å²) in [4.78, 5) is 0. The monoisotopic (exact) mass is 223 g/mol. The number of aromatic nitrogens is 3. The maximum atomic E-state index is 8.86. The van der Waals surface area contributed by atoms with Crippen LogP contribution < -0.4 is 0 Å². The van der Waals surface area contributed by atoms with E-state index in [4.69, 9.17) is 16.7 Å². The number of aliphatic hydroxyl groups is 1. The van der Waals surface area contributed by atoms with Crippen LogP contribution in [0.3, 0.4) is 0 Å². The highest BCUT2D eigenvalue weighted by molar-refractivity contribution is 6.30. The van der Waals surface area contributed by atoms with Gasteiger partial charge in [-0.15, -0.1) is 5.10 Å². The number of rotatable bonds is 3. The minimum atomic E-state index is 0.0843. The molecule has 5 heteroatoms. The van der Waals surface area contributed by atoms with Gasteiger partial charge in [0.05, 0.1) is 17.6 Å². The summed E-state index contributed by atoms with van der Waals surface area (Å²) in [6, 6.07) is 7.30. The minimum Gasteiger partial charge on any atom is -0.396 e. The van der Waals surface area contributed by atoms with Gasteiger partial charge in [0, 0.05) is 18.1 Å². The topological polar surface area (TPSA) is 50.9 Å². The molecule has 78 valence electrons. The van der Waals surface area contributed by atoms with Crippen molar-refractivity contribution in [3.05, 3.63) is 41.2 Å². The molecule has 0 radical (unpaired) electrons. The molecule has 1 aromatic carbocycles. The molecule has 0 amide bonds. The third-order valence-corrected chi connectivity index (χ3v) is 2.31. The summed E-state index contributed by atoms with van der Waals surface area (Å²) < 4.78 is 1.69. The molecule has 0 fully saturated rings. The highest BCUT2D eigenvalue weighted by Crippen LogP contribution is 2.14. The van der Waals surface area contributed by atoms with Crippen LogP contribution in [0.15, 0.2) is 30.5 Å². The summed E-state index contributed by atoms with van der Waals surface area (Å²) in [5.41, 5.74) is 1.76. The molecule has 4 nitrogen and oxygen atoms in total. The fourth-order valence-electron chi connectivity index (χ4n) is 1.34. The lowest BCUT2D eigenvalue weighted by atomic mass is 10.3. The second kappa shape index (κ2) is 4.42. The number of halogens is 1. The zero-order valence-corrected chi connectivity index (χ0v) is 8.72. The van der Waals surface area contributed by atoms with E-state index in [0.29, 0.717) is 11.4 Å². The van der Waals surface area contributed by atoms with Crippen molar-refractivity contribution >= 4 is 11.6 Å². The molecular weight excluding hydrogens is 214 g/mol. The molecule has 0 spiro atoms. The second-order valence-electron chi connectivity index (χ2n) is 3.09. The Labute approximate surface area is 92.1 Å². The summed E-state index contributed by atoms with van der Waals surface area (Å²) in [5, 5.41) is 17.3. The maximum absolute atomic E-state index is 8.86. The lowest BCUT2D eigenvalue weighted by Gasteiger charge is -2.04. The molecule has 0 saturated carbocycles. The molecule has 1 heterocycles. The Balaban J connectivity index is 2.36. The molecule has 1 aromatic heterocycles. The quantitative estimate of drug-likeness (QED) is 0.857.